The zero-order valence-corrected chi connectivity index (χ0v) is 14.7. The molecule has 3 aromatic rings. The van der Waals surface area contributed by atoms with Crippen molar-refractivity contribution < 1.29 is 22.4 Å². The normalized spacial score (nSPS) is 12.8. The second-order valence-electron chi connectivity index (χ2n) is 5.39. The molecule has 0 fully saturated rings. The average Bonchev–Trinajstić information content (AvgIpc) is 3.24. The van der Waals surface area contributed by atoms with Crippen molar-refractivity contribution in [2.45, 2.75) is 18.6 Å². The predicted octanol–water partition coefficient (Wildman–Crippen LogP) is 4.97. The monoisotopic (exact) mass is 400 g/mol. The fourth-order valence-corrected chi connectivity index (χ4v) is 3.92. The van der Waals surface area contributed by atoms with Crippen LogP contribution in [-0.2, 0) is 11.2 Å². The summed E-state index contributed by atoms with van der Waals surface area (Å²) in [5.74, 6) is -1.45. The molecule has 0 spiro atoms. The summed E-state index contributed by atoms with van der Waals surface area (Å²) in [6, 6.07) is 5.40. The van der Waals surface area contributed by atoms with Crippen LogP contribution in [0.3, 0.4) is 0 Å². The van der Waals surface area contributed by atoms with Gasteiger partial charge in [0.05, 0.1) is 17.0 Å². The molecule has 0 radical (unpaired) electrons. The number of halogens is 4. The lowest BCUT2D eigenvalue weighted by molar-refractivity contribution is -0.163. The molecule has 0 saturated carbocycles. The Bertz CT molecular complexity index is 873. The van der Waals surface area contributed by atoms with Gasteiger partial charge in [0.1, 0.15) is 10.8 Å². The minimum atomic E-state index is -4.70. The smallest absolute Gasteiger partial charge is 0.340 e. The molecule has 3 rings (SSSR count). The second-order valence-corrected chi connectivity index (χ2v) is 7.20. The number of carbonyl (C=O) groups excluding carboxylic acids is 1. The first-order valence-electron chi connectivity index (χ1n) is 7.43. The number of benzene rings is 1. The zero-order chi connectivity index (χ0) is 18.7. The maximum Gasteiger partial charge on any atom is 0.412 e. The van der Waals surface area contributed by atoms with Crippen LogP contribution in [0.25, 0.3) is 9.88 Å². The van der Waals surface area contributed by atoms with Crippen LogP contribution >= 0.6 is 22.7 Å². The summed E-state index contributed by atoms with van der Waals surface area (Å²) in [5.41, 5.74) is 0.167. The van der Waals surface area contributed by atoms with Crippen molar-refractivity contribution >= 4 is 28.6 Å². The average molecular weight is 400 g/mol. The molecule has 136 valence electrons. The van der Waals surface area contributed by atoms with Gasteiger partial charge < -0.3 is 5.32 Å². The molecule has 1 amide bonds. The lowest BCUT2D eigenvalue weighted by atomic mass is 10.1. The third-order valence-electron chi connectivity index (χ3n) is 3.46. The Kier molecular flexibility index (Phi) is 5.38. The molecule has 3 nitrogen and oxygen atoms in total. The van der Waals surface area contributed by atoms with E-state index in [-0.39, 0.29) is 12.0 Å². The maximum absolute atomic E-state index is 13.3. The van der Waals surface area contributed by atoms with E-state index in [1.807, 2.05) is 22.8 Å². The van der Waals surface area contributed by atoms with E-state index in [1.54, 1.807) is 5.38 Å². The van der Waals surface area contributed by atoms with Crippen molar-refractivity contribution in [2.75, 3.05) is 0 Å². The first kappa shape index (κ1) is 18.5. The zero-order valence-electron chi connectivity index (χ0n) is 13.1. The number of carbonyl (C=O) groups is 1. The highest BCUT2D eigenvalue weighted by atomic mass is 32.1. The summed E-state index contributed by atoms with van der Waals surface area (Å²) in [4.78, 5) is 17.3. The molecule has 0 aliphatic heterocycles. The van der Waals surface area contributed by atoms with Gasteiger partial charge in [-0.2, -0.15) is 13.2 Å². The van der Waals surface area contributed by atoms with Crippen LogP contribution in [0, 0.1) is 5.82 Å². The minimum absolute atomic E-state index is 0.232. The standard InChI is InChI=1S/C17H12F4N2OS2/c18-11-5-3-10(4-6-11)15(17(19,20)21)23-14(24)8-12-9-26-16(22-12)13-2-1-7-25-13/h1-7,9,15H,8H2,(H,23,24). The molecular formula is C17H12F4N2OS2. The Labute approximate surface area is 154 Å². The molecule has 0 saturated heterocycles. The number of amides is 1. The van der Waals surface area contributed by atoms with E-state index in [9.17, 15) is 22.4 Å². The van der Waals surface area contributed by atoms with Crippen molar-refractivity contribution in [3.05, 3.63) is 64.2 Å². The predicted molar refractivity (Wildman–Crippen MR) is 92.5 cm³/mol. The molecule has 1 atom stereocenters. The molecule has 1 aromatic carbocycles. The van der Waals surface area contributed by atoms with E-state index >= 15 is 0 Å². The Morgan fingerprint density at radius 2 is 1.88 bits per heavy atom. The highest BCUT2D eigenvalue weighted by molar-refractivity contribution is 7.20. The third kappa shape index (κ3) is 4.47. The number of thiazole rings is 1. The largest absolute Gasteiger partial charge is 0.412 e. The van der Waals surface area contributed by atoms with Gasteiger partial charge in [0.15, 0.2) is 6.04 Å². The first-order valence-corrected chi connectivity index (χ1v) is 9.18. The van der Waals surface area contributed by atoms with E-state index in [0.29, 0.717) is 10.7 Å². The highest BCUT2D eigenvalue weighted by Gasteiger charge is 2.41. The molecule has 9 heteroatoms. The lowest BCUT2D eigenvalue weighted by Crippen LogP contribution is -2.38. The van der Waals surface area contributed by atoms with Crippen molar-refractivity contribution in [3.8, 4) is 9.88 Å². The van der Waals surface area contributed by atoms with E-state index in [4.69, 9.17) is 0 Å². The van der Waals surface area contributed by atoms with Crippen LogP contribution in [0.5, 0.6) is 0 Å². The number of alkyl halides is 3. The molecule has 26 heavy (non-hydrogen) atoms. The van der Waals surface area contributed by atoms with Crippen molar-refractivity contribution in [1.82, 2.24) is 10.3 Å². The fraction of sp³-hybridized carbons (Fsp3) is 0.176. The lowest BCUT2D eigenvalue weighted by Gasteiger charge is -2.22. The first-order chi connectivity index (χ1) is 12.3. The molecule has 0 bridgehead atoms. The van der Waals surface area contributed by atoms with Crippen molar-refractivity contribution in [3.63, 3.8) is 0 Å². The summed E-state index contributed by atoms with van der Waals surface area (Å²) in [7, 11) is 0. The van der Waals surface area contributed by atoms with Gasteiger partial charge in [-0.3, -0.25) is 4.79 Å². The minimum Gasteiger partial charge on any atom is -0.340 e. The molecule has 0 aliphatic carbocycles. The van der Waals surface area contributed by atoms with E-state index in [1.165, 1.54) is 22.7 Å². The molecule has 0 aliphatic rings. The molecular weight excluding hydrogens is 388 g/mol. The van der Waals surface area contributed by atoms with Gasteiger partial charge in [-0.05, 0) is 29.1 Å². The number of aromatic nitrogens is 1. The quantitative estimate of drug-likeness (QED) is 0.614. The Hall–Kier alpha value is -2.26. The maximum atomic E-state index is 13.3. The van der Waals surface area contributed by atoms with Crippen molar-refractivity contribution in [1.29, 1.82) is 0 Å². The van der Waals surface area contributed by atoms with Crippen LogP contribution < -0.4 is 5.32 Å². The summed E-state index contributed by atoms with van der Waals surface area (Å²) in [6.07, 6.45) is -4.96. The van der Waals surface area contributed by atoms with Gasteiger partial charge in [-0.25, -0.2) is 9.37 Å². The Balaban J connectivity index is 1.71. The van der Waals surface area contributed by atoms with Gasteiger partial charge in [-0.1, -0.05) is 18.2 Å². The Morgan fingerprint density at radius 1 is 1.15 bits per heavy atom. The summed E-state index contributed by atoms with van der Waals surface area (Å²) in [6.45, 7) is 0. The van der Waals surface area contributed by atoms with Crippen molar-refractivity contribution in [2.24, 2.45) is 0 Å². The number of thiophene rings is 1. The van der Waals surface area contributed by atoms with Crippen LogP contribution in [0.4, 0.5) is 17.6 Å². The molecule has 2 aromatic heterocycles. The van der Waals surface area contributed by atoms with Gasteiger partial charge >= 0.3 is 6.18 Å². The van der Waals surface area contributed by atoms with E-state index < -0.39 is 23.9 Å². The van der Waals surface area contributed by atoms with Crippen LogP contribution in [-0.4, -0.2) is 17.1 Å². The SMILES string of the molecule is O=C(Cc1csc(-c2cccs2)n1)NC(c1ccc(F)cc1)C(F)(F)F. The van der Waals surface area contributed by atoms with Crippen LogP contribution in [0.2, 0.25) is 0 Å². The highest BCUT2D eigenvalue weighted by Crippen LogP contribution is 2.33. The van der Waals surface area contributed by atoms with E-state index in [0.717, 1.165) is 29.1 Å². The summed E-state index contributed by atoms with van der Waals surface area (Å²) in [5, 5.41) is 6.22. The molecule has 1 N–H and O–H groups in total. The van der Waals surface area contributed by atoms with Gasteiger partial charge in [0.25, 0.3) is 0 Å². The molecule has 2 heterocycles. The van der Waals surface area contributed by atoms with Crippen LogP contribution in [0.15, 0.2) is 47.2 Å². The van der Waals surface area contributed by atoms with Gasteiger partial charge in [0, 0.05) is 5.38 Å². The summed E-state index contributed by atoms with van der Waals surface area (Å²) >= 11 is 2.82. The Morgan fingerprint density at radius 3 is 2.50 bits per heavy atom. The van der Waals surface area contributed by atoms with Gasteiger partial charge in [-0.15, -0.1) is 22.7 Å². The third-order valence-corrected chi connectivity index (χ3v) is 5.39. The summed E-state index contributed by atoms with van der Waals surface area (Å²) < 4.78 is 52.8. The fourth-order valence-electron chi connectivity index (χ4n) is 2.29. The number of nitrogens with one attached hydrogen (secondary N) is 1. The van der Waals surface area contributed by atoms with Gasteiger partial charge in [0.2, 0.25) is 5.91 Å². The second kappa shape index (κ2) is 7.55. The van der Waals surface area contributed by atoms with E-state index in [2.05, 4.69) is 4.98 Å². The number of hydrogen-bond acceptors (Lipinski definition) is 4. The number of nitrogens with zero attached hydrogens (tertiary/aromatic N) is 1. The topological polar surface area (TPSA) is 42.0 Å². The van der Waals surface area contributed by atoms with Crippen LogP contribution in [0.1, 0.15) is 17.3 Å². The number of rotatable bonds is 5. The molecule has 1 unspecified atom stereocenters. The number of hydrogen-bond donors (Lipinski definition) is 1.